The summed E-state index contributed by atoms with van der Waals surface area (Å²) in [5.74, 6) is 0.757. The van der Waals surface area contributed by atoms with Crippen LogP contribution >= 0.6 is 0 Å². The molecule has 3 heterocycles. The average Bonchev–Trinajstić information content (AvgIpc) is 3.07. The van der Waals surface area contributed by atoms with E-state index in [4.69, 9.17) is 4.52 Å². The largest absolute Gasteiger partial charge is 0.361 e. The summed E-state index contributed by atoms with van der Waals surface area (Å²) in [5.41, 5.74) is 3.63. The lowest BCUT2D eigenvalue weighted by atomic mass is 10.0. The van der Waals surface area contributed by atoms with Gasteiger partial charge in [0.1, 0.15) is 11.8 Å². The molecule has 1 aliphatic rings. The van der Waals surface area contributed by atoms with Gasteiger partial charge in [-0.15, -0.1) is 0 Å². The molecular weight excluding hydrogens is 270 g/mol. The molecule has 0 aromatic carbocycles. The van der Waals surface area contributed by atoms with Gasteiger partial charge in [0.25, 0.3) is 0 Å². The molecule has 0 fully saturated rings. The van der Waals surface area contributed by atoms with Gasteiger partial charge in [0.15, 0.2) is 0 Å². The third-order valence-corrected chi connectivity index (χ3v) is 3.95. The summed E-state index contributed by atoms with van der Waals surface area (Å²) in [6.07, 6.45) is 2.51. The van der Waals surface area contributed by atoms with Crippen LogP contribution < -0.4 is 5.32 Å². The molecule has 2 N–H and O–H groups in total. The lowest BCUT2D eigenvalue weighted by Crippen LogP contribution is -2.42. The summed E-state index contributed by atoms with van der Waals surface area (Å²) in [4.78, 5) is 21.7. The summed E-state index contributed by atoms with van der Waals surface area (Å²) in [6, 6.07) is -0.384. The highest BCUT2D eigenvalue weighted by Crippen LogP contribution is 2.22. The van der Waals surface area contributed by atoms with E-state index in [1.807, 2.05) is 13.8 Å². The second-order valence-corrected chi connectivity index (χ2v) is 5.40. The molecule has 3 rings (SSSR count). The van der Waals surface area contributed by atoms with Crippen LogP contribution in [0.2, 0.25) is 0 Å². The lowest BCUT2D eigenvalue weighted by molar-refractivity contribution is -0.133. The van der Waals surface area contributed by atoms with E-state index in [9.17, 15) is 4.79 Å². The number of carbonyl (C=O) groups is 1. The molecule has 2 aromatic rings. The van der Waals surface area contributed by atoms with E-state index in [0.29, 0.717) is 6.54 Å². The molecule has 2 aromatic heterocycles. The third kappa shape index (κ3) is 2.44. The molecule has 7 heteroatoms. The SMILES string of the molecule is Cc1noc(C)c1CN(C)C(=O)[C@H]1NCCc2[nH]cnc21. The van der Waals surface area contributed by atoms with E-state index >= 15 is 0 Å². The second-order valence-electron chi connectivity index (χ2n) is 5.40. The van der Waals surface area contributed by atoms with Crippen molar-refractivity contribution in [1.82, 2.24) is 25.3 Å². The first-order chi connectivity index (χ1) is 10.1. The van der Waals surface area contributed by atoms with Crippen molar-refractivity contribution in [3.63, 3.8) is 0 Å². The summed E-state index contributed by atoms with van der Waals surface area (Å²) < 4.78 is 5.14. The van der Waals surface area contributed by atoms with E-state index in [2.05, 4.69) is 20.4 Å². The number of rotatable bonds is 3. The molecule has 1 amide bonds. The molecule has 0 saturated heterocycles. The van der Waals surface area contributed by atoms with E-state index < -0.39 is 0 Å². The van der Waals surface area contributed by atoms with Crippen molar-refractivity contribution < 1.29 is 9.32 Å². The number of hydrogen-bond acceptors (Lipinski definition) is 5. The molecule has 7 nitrogen and oxygen atoms in total. The van der Waals surface area contributed by atoms with Crippen molar-refractivity contribution in [2.24, 2.45) is 0 Å². The number of aromatic nitrogens is 3. The van der Waals surface area contributed by atoms with Crippen molar-refractivity contribution in [3.8, 4) is 0 Å². The van der Waals surface area contributed by atoms with Gasteiger partial charge < -0.3 is 19.7 Å². The van der Waals surface area contributed by atoms with Crippen LogP contribution in [-0.2, 0) is 17.8 Å². The zero-order chi connectivity index (χ0) is 15.0. The van der Waals surface area contributed by atoms with Crippen LogP contribution in [0.15, 0.2) is 10.9 Å². The zero-order valence-electron chi connectivity index (χ0n) is 12.4. The molecule has 0 saturated carbocycles. The number of imidazole rings is 1. The Labute approximate surface area is 122 Å². The molecule has 0 radical (unpaired) electrons. The van der Waals surface area contributed by atoms with Gasteiger partial charge in [0.05, 0.1) is 24.3 Å². The molecule has 0 spiro atoms. The van der Waals surface area contributed by atoms with Crippen molar-refractivity contribution in [2.75, 3.05) is 13.6 Å². The standard InChI is InChI=1S/C14H19N5O2/c1-8-10(9(2)21-18-8)6-19(3)14(20)13-12-11(4-5-15-13)16-7-17-12/h7,13,15H,4-6H2,1-3H3,(H,16,17)/t13-/m0/s1. The fourth-order valence-electron chi connectivity index (χ4n) is 2.69. The van der Waals surface area contributed by atoms with Gasteiger partial charge in [0.2, 0.25) is 5.91 Å². The third-order valence-electron chi connectivity index (χ3n) is 3.95. The number of nitrogens with one attached hydrogen (secondary N) is 2. The first kappa shape index (κ1) is 13.8. The summed E-state index contributed by atoms with van der Waals surface area (Å²) in [5, 5.41) is 7.16. The van der Waals surface area contributed by atoms with Gasteiger partial charge in [-0.2, -0.15) is 0 Å². The van der Waals surface area contributed by atoms with Gasteiger partial charge in [-0.05, 0) is 13.8 Å². The molecule has 1 atom stereocenters. The maximum atomic E-state index is 12.7. The van der Waals surface area contributed by atoms with Gasteiger partial charge in [-0.3, -0.25) is 4.79 Å². The number of amides is 1. The number of likely N-dealkylation sites (N-methyl/N-ethyl adjacent to an activating group) is 1. The average molecular weight is 289 g/mol. The predicted octanol–water partition coefficient (Wildman–Crippen LogP) is 0.860. The quantitative estimate of drug-likeness (QED) is 0.875. The number of carbonyl (C=O) groups excluding carboxylic acids is 1. The number of aromatic amines is 1. The smallest absolute Gasteiger partial charge is 0.246 e. The molecule has 0 aliphatic carbocycles. The Morgan fingerprint density at radius 2 is 2.33 bits per heavy atom. The molecule has 0 bridgehead atoms. The molecule has 21 heavy (non-hydrogen) atoms. The van der Waals surface area contributed by atoms with Gasteiger partial charge in [-0.25, -0.2) is 4.98 Å². The fraction of sp³-hybridized carbons (Fsp3) is 0.500. The van der Waals surface area contributed by atoms with Crippen LogP contribution in [0.25, 0.3) is 0 Å². The highest BCUT2D eigenvalue weighted by molar-refractivity contribution is 5.83. The Morgan fingerprint density at radius 3 is 3.05 bits per heavy atom. The van der Waals surface area contributed by atoms with Crippen LogP contribution in [0.3, 0.4) is 0 Å². The number of fused-ring (bicyclic) bond motifs is 1. The number of H-pyrrole nitrogens is 1. The van der Waals surface area contributed by atoms with Crippen molar-refractivity contribution in [2.45, 2.75) is 32.9 Å². The van der Waals surface area contributed by atoms with Crippen LogP contribution in [-0.4, -0.2) is 39.5 Å². The molecule has 0 unspecified atom stereocenters. The van der Waals surface area contributed by atoms with Crippen molar-refractivity contribution in [3.05, 3.63) is 34.7 Å². The number of nitrogens with zero attached hydrogens (tertiary/aromatic N) is 3. The molecular formula is C14H19N5O2. The van der Waals surface area contributed by atoms with Gasteiger partial charge >= 0.3 is 0 Å². The highest BCUT2D eigenvalue weighted by Gasteiger charge is 2.31. The Morgan fingerprint density at radius 1 is 1.52 bits per heavy atom. The normalized spacial score (nSPS) is 17.6. The summed E-state index contributed by atoms with van der Waals surface area (Å²) in [7, 11) is 1.79. The van der Waals surface area contributed by atoms with Gasteiger partial charge in [0, 0.05) is 31.3 Å². The summed E-state index contributed by atoms with van der Waals surface area (Å²) >= 11 is 0. The Bertz CT molecular complexity index is 641. The minimum absolute atomic E-state index is 0.00282. The Hall–Kier alpha value is -2.15. The van der Waals surface area contributed by atoms with Crippen molar-refractivity contribution >= 4 is 5.91 Å². The van der Waals surface area contributed by atoms with Crippen LogP contribution in [0.5, 0.6) is 0 Å². The Balaban J connectivity index is 1.77. The first-order valence-corrected chi connectivity index (χ1v) is 7.00. The lowest BCUT2D eigenvalue weighted by Gasteiger charge is -2.27. The highest BCUT2D eigenvalue weighted by atomic mass is 16.5. The van der Waals surface area contributed by atoms with E-state index in [-0.39, 0.29) is 11.9 Å². The maximum Gasteiger partial charge on any atom is 0.246 e. The number of hydrogen-bond donors (Lipinski definition) is 2. The Kier molecular flexibility index (Phi) is 3.50. The summed E-state index contributed by atoms with van der Waals surface area (Å²) in [6.45, 7) is 5.00. The maximum absolute atomic E-state index is 12.7. The second kappa shape index (κ2) is 5.33. The first-order valence-electron chi connectivity index (χ1n) is 7.00. The monoisotopic (exact) mass is 289 g/mol. The van der Waals surface area contributed by atoms with E-state index in [1.54, 1.807) is 18.3 Å². The van der Waals surface area contributed by atoms with Crippen LogP contribution in [0.1, 0.15) is 34.4 Å². The minimum atomic E-state index is -0.384. The van der Waals surface area contributed by atoms with Crippen molar-refractivity contribution in [1.29, 1.82) is 0 Å². The number of aryl methyl sites for hydroxylation is 2. The minimum Gasteiger partial charge on any atom is -0.361 e. The van der Waals surface area contributed by atoms with Crippen LogP contribution in [0.4, 0.5) is 0 Å². The van der Waals surface area contributed by atoms with Gasteiger partial charge in [-0.1, -0.05) is 5.16 Å². The molecule has 1 aliphatic heterocycles. The fourth-order valence-corrected chi connectivity index (χ4v) is 2.69. The van der Waals surface area contributed by atoms with Crippen LogP contribution in [0, 0.1) is 13.8 Å². The predicted molar refractivity (Wildman–Crippen MR) is 75.5 cm³/mol. The zero-order valence-corrected chi connectivity index (χ0v) is 12.4. The topological polar surface area (TPSA) is 87.0 Å². The molecule has 112 valence electrons. The van der Waals surface area contributed by atoms with E-state index in [1.165, 1.54) is 0 Å². The van der Waals surface area contributed by atoms with E-state index in [0.717, 1.165) is 41.4 Å².